The molecule has 1 aliphatic carbocycles. The van der Waals surface area contributed by atoms with Crippen LogP contribution in [0.15, 0.2) is 30.5 Å². The number of aromatic nitrogens is 2. The monoisotopic (exact) mass is 406 g/mol. The maximum atomic E-state index is 13.4. The van der Waals surface area contributed by atoms with Gasteiger partial charge in [0.25, 0.3) is 0 Å². The third kappa shape index (κ3) is 4.88. The minimum atomic E-state index is -0.101. The quantitative estimate of drug-likeness (QED) is 0.599. The molecule has 2 fully saturated rings. The van der Waals surface area contributed by atoms with E-state index in [-0.39, 0.29) is 8.64 Å². The van der Waals surface area contributed by atoms with Crippen molar-refractivity contribution < 1.29 is 7.65 Å². The van der Waals surface area contributed by atoms with E-state index in [0.29, 0.717) is 34.7 Å². The molecule has 4 rings (SSSR count). The van der Waals surface area contributed by atoms with Gasteiger partial charge in [0.1, 0.15) is 11.5 Å². The predicted molar refractivity (Wildman–Crippen MR) is 124 cm³/mol. The van der Waals surface area contributed by atoms with Crippen LogP contribution in [0.4, 0.5) is 5.82 Å². The standard InChI is InChI=1S/C25H30N4O.2H2/c1-17(2)15-21-16-29(14-13-27-21)23-11-10-20(9-8-19-6-7-19)24(28-23)25(30)22-5-4-12-26-18(22)3;;/h4-5,10-12,17,19,21,27H,6-7,13-16H2,1-3H3;2*1H/t21-;;/m0../s1. The van der Waals surface area contributed by atoms with Crippen LogP contribution in [0.25, 0.3) is 0 Å². The van der Waals surface area contributed by atoms with Crippen molar-refractivity contribution in [2.75, 3.05) is 24.5 Å². The summed E-state index contributed by atoms with van der Waals surface area (Å²) in [5.41, 5.74) is 2.47. The van der Waals surface area contributed by atoms with Gasteiger partial charge < -0.3 is 10.2 Å². The molecule has 160 valence electrons. The molecule has 0 aromatic carbocycles. The van der Waals surface area contributed by atoms with Gasteiger partial charge in [0, 0.05) is 51.9 Å². The molecule has 3 heterocycles. The van der Waals surface area contributed by atoms with E-state index in [4.69, 9.17) is 4.98 Å². The van der Waals surface area contributed by atoms with Gasteiger partial charge >= 0.3 is 0 Å². The van der Waals surface area contributed by atoms with Crippen LogP contribution in [0.3, 0.4) is 0 Å². The number of carbonyl (C=O) groups is 1. The summed E-state index contributed by atoms with van der Waals surface area (Å²) in [6, 6.07) is 8.04. The van der Waals surface area contributed by atoms with E-state index in [2.05, 4.69) is 40.9 Å². The van der Waals surface area contributed by atoms with Crippen molar-refractivity contribution in [3.8, 4) is 11.8 Å². The van der Waals surface area contributed by atoms with Crippen LogP contribution in [0.2, 0.25) is 0 Å². The Morgan fingerprint density at radius 1 is 1.33 bits per heavy atom. The van der Waals surface area contributed by atoms with Gasteiger partial charge in [0.15, 0.2) is 0 Å². The third-order valence-corrected chi connectivity index (χ3v) is 5.67. The Morgan fingerprint density at radius 3 is 2.90 bits per heavy atom. The summed E-state index contributed by atoms with van der Waals surface area (Å²) < 4.78 is 0. The first-order valence-electron chi connectivity index (χ1n) is 11.0. The van der Waals surface area contributed by atoms with E-state index in [1.807, 2.05) is 25.1 Å². The summed E-state index contributed by atoms with van der Waals surface area (Å²) in [5, 5.41) is 3.60. The normalized spacial score (nSPS) is 18.8. The highest BCUT2D eigenvalue weighted by Gasteiger charge is 2.24. The Labute approximate surface area is 182 Å². The van der Waals surface area contributed by atoms with Gasteiger partial charge in [0.2, 0.25) is 5.78 Å². The molecule has 30 heavy (non-hydrogen) atoms. The molecule has 2 aromatic rings. The van der Waals surface area contributed by atoms with Crippen LogP contribution < -0.4 is 10.2 Å². The third-order valence-electron chi connectivity index (χ3n) is 5.67. The highest BCUT2D eigenvalue weighted by molar-refractivity contribution is 6.10. The maximum Gasteiger partial charge on any atom is 0.214 e. The van der Waals surface area contributed by atoms with Crippen molar-refractivity contribution in [3.05, 3.63) is 53.0 Å². The molecule has 2 aliphatic rings. The molecule has 0 radical (unpaired) electrons. The van der Waals surface area contributed by atoms with E-state index in [0.717, 1.165) is 50.4 Å². The second-order valence-electron chi connectivity index (χ2n) is 8.80. The predicted octanol–water partition coefficient (Wildman–Crippen LogP) is 4.09. The molecular formula is C25H34N4O. The van der Waals surface area contributed by atoms with Crippen molar-refractivity contribution in [3.63, 3.8) is 0 Å². The van der Waals surface area contributed by atoms with Crippen LogP contribution in [0, 0.1) is 30.6 Å². The topological polar surface area (TPSA) is 58.1 Å². The zero-order chi connectivity index (χ0) is 21.1. The Kier molecular flexibility index (Phi) is 6.15. The van der Waals surface area contributed by atoms with Gasteiger partial charge in [-0.05, 0) is 56.4 Å². The Bertz CT molecular complexity index is 995. The molecule has 5 heteroatoms. The fraction of sp³-hybridized carbons (Fsp3) is 0.480. The number of nitrogens with zero attached hydrogens (tertiary/aromatic N) is 3. The molecule has 5 nitrogen and oxygen atoms in total. The summed E-state index contributed by atoms with van der Waals surface area (Å²) in [6.07, 6.45) is 5.14. The molecule has 0 bridgehead atoms. The molecule has 0 amide bonds. The molecule has 1 saturated carbocycles. The lowest BCUT2D eigenvalue weighted by Crippen LogP contribution is -2.51. The van der Waals surface area contributed by atoms with Gasteiger partial charge in [-0.15, -0.1) is 0 Å². The van der Waals surface area contributed by atoms with E-state index >= 15 is 0 Å². The largest absolute Gasteiger partial charge is 0.354 e. The summed E-state index contributed by atoms with van der Waals surface area (Å²) in [6.45, 7) is 9.07. The first kappa shape index (κ1) is 20.6. The first-order valence-corrected chi connectivity index (χ1v) is 11.0. The fourth-order valence-corrected chi connectivity index (χ4v) is 3.92. The van der Waals surface area contributed by atoms with E-state index in [9.17, 15) is 4.79 Å². The van der Waals surface area contributed by atoms with Crippen molar-refractivity contribution >= 4 is 11.6 Å². The SMILES string of the molecule is Cc1ncccc1C(=O)c1nc(N2CCN[C@@H](CC(C)C)C2)ccc1C#CC1CC1.[HH].[HH]. The molecule has 1 aliphatic heterocycles. The van der Waals surface area contributed by atoms with Crippen LogP contribution in [0.1, 0.15) is 63.3 Å². The molecule has 1 saturated heterocycles. The van der Waals surface area contributed by atoms with Gasteiger partial charge in [-0.2, -0.15) is 0 Å². The molecule has 0 spiro atoms. The number of rotatable bonds is 5. The second kappa shape index (κ2) is 8.97. The zero-order valence-electron chi connectivity index (χ0n) is 18.1. The minimum Gasteiger partial charge on any atom is -0.354 e. The van der Waals surface area contributed by atoms with Gasteiger partial charge in [-0.3, -0.25) is 9.78 Å². The lowest BCUT2D eigenvalue weighted by Gasteiger charge is -2.35. The maximum absolute atomic E-state index is 13.4. The van der Waals surface area contributed by atoms with Crippen molar-refractivity contribution in [1.29, 1.82) is 0 Å². The lowest BCUT2D eigenvalue weighted by molar-refractivity contribution is 0.103. The number of hydrogen-bond donors (Lipinski definition) is 1. The number of hydrogen-bond acceptors (Lipinski definition) is 5. The molecule has 2 aromatic heterocycles. The summed E-state index contributed by atoms with van der Waals surface area (Å²) in [5.74, 6) is 8.37. The number of anilines is 1. The number of nitrogens with one attached hydrogen (secondary N) is 1. The number of carbonyl (C=O) groups excluding carboxylic acids is 1. The Balaban J connectivity index is 0.00000181. The summed E-state index contributed by atoms with van der Waals surface area (Å²) in [7, 11) is 0. The smallest absolute Gasteiger partial charge is 0.214 e. The highest BCUT2D eigenvalue weighted by Crippen LogP contribution is 2.28. The number of ketones is 1. The number of pyridine rings is 2. The van der Waals surface area contributed by atoms with E-state index in [1.165, 1.54) is 0 Å². The lowest BCUT2D eigenvalue weighted by atomic mass is 10.0. The number of piperazine rings is 1. The second-order valence-corrected chi connectivity index (χ2v) is 8.80. The van der Waals surface area contributed by atoms with E-state index < -0.39 is 0 Å². The molecule has 1 atom stereocenters. The molecule has 0 unspecified atom stereocenters. The fourth-order valence-electron chi connectivity index (χ4n) is 3.92. The average Bonchev–Trinajstić information content (AvgIpc) is 3.56. The van der Waals surface area contributed by atoms with Gasteiger partial charge in [0.05, 0.1) is 5.56 Å². The van der Waals surface area contributed by atoms with Crippen molar-refractivity contribution in [1.82, 2.24) is 15.3 Å². The van der Waals surface area contributed by atoms with Gasteiger partial charge in [-0.25, -0.2) is 4.98 Å². The summed E-state index contributed by atoms with van der Waals surface area (Å²) >= 11 is 0. The summed E-state index contributed by atoms with van der Waals surface area (Å²) in [4.78, 5) is 24.8. The van der Waals surface area contributed by atoms with E-state index in [1.54, 1.807) is 12.3 Å². The average molecular weight is 407 g/mol. The van der Waals surface area contributed by atoms with Gasteiger partial charge in [-0.1, -0.05) is 25.7 Å². The van der Waals surface area contributed by atoms with Crippen molar-refractivity contribution in [2.45, 2.75) is 46.1 Å². The first-order chi connectivity index (χ1) is 14.5. The van der Waals surface area contributed by atoms with Crippen LogP contribution in [0.5, 0.6) is 0 Å². The van der Waals surface area contributed by atoms with Crippen LogP contribution in [-0.4, -0.2) is 41.4 Å². The zero-order valence-corrected chi connectivity index (χ0v) is 18.1. The molecule has 1 N–H and O–H groups in total. The number of aryl methyl sites for hydroxylation is 1. The van der Waals surface area contributed by atoms with Crippen LogP contribution >= 0.6 is 0 Å². The Morgan fingerprint density at radius 2 is 2.17 bits per heavy atom. The minimum absolute atomic E-state index is 0. The molecular weight excluding hydrogens is 372 g/mol. The van der Waals surface area contributed by atoms with Crippen molar-refractivity contribution in [2.24, 2.45) is 11.8 Å². The highest BCUT2D eigenvalue weighted by atomic mass is 16.1. The van der Waals surface area contributed by atoms with Crippen LogP contribution in [-0.2, 0) is 0 Å². The Hall–Kier alpha value is -2.71.